The van der Waals surface area contributed by atoms with E-state index in [0.29, 0.717) is 16.6 Å². The fourth-order valence-corrected chi connectivity index (χ4v) is 1.83. The lowest BCUT2D eigenvalue weighted by molar-refractivity contribution is -0.119. The predicted molar refractivity (Wildman–Crippen MR) is 68.8 cm³/mol. The maximum absolute atomic E-state index is 13.5. The van der Waals surface area contributed by atoms with E-state index in [1.54, 1.807) is 12.1 Å². The molecule has 5 heteroatoms. The van der Waals surface area contributed by atoms with Crippen molar-refractivity contribution >= 4 is 21.8 Å². The van der Waals surface area contributed by atoms with Crippen molar-refractivity contribution in [1.29, 1.82) is 0 Å². The van der Waals surface area contributed by atoms with E-state index in [1.807, 2.05) is 13.8 Å². The largest absolute Gasteiger partial charge is 0.370 e. The monoisotopic (exact) mass is 302 g/mol. The maximum atomic E-state index is 13.5. The SMILES string of the molecule is CC(C)(CC(N)=O)NCc1ccc(Br)cc1F. The second-order valence-electron chi connectivity index (χ2n) is 4.62. The lowest BCUT2D eigenvalue weighted by atomic mass is 10.00. The Hall–Kier alpha value is -0.940. The Kier molecular flexibility index (Phi) is 4.65. The molecule has 0 saturated carbocycles. The molecule has 0 aliphatic carbocycles. The number of hydrogen-bond donors (Lipinski definition) is 2. The molecule has 0 saturated heterocycles. The van der Waals surface area contributed by atoms with Crippen LogP contribution in [0.5, 0.6) is 0 Å². The van der Waals surface area contributed by atoms with Crippen molar-refractivity contribution in [2.45, 2.75) is 32.4 Å². The van der Waals surface area contributed by atoms with Crippen LogP contribution in [0.3, 0.4) is 0 Å². The Morgan fingerprint density at radius 1 is 1.53 bits per heavy atom. The summed E-state index contributed by atoms with van der Waals surface area (Å²) in [5.74, 6) is -0.652. The van der Waals surface area contributed by atoms with Gasteiger partial charge in [-0.25, -0.2) is 4.39 Å². The third-order valence-corrected chi connectivity index (χ3v) is 2.88. The first-order valence-electron chi connectivity index (χ1n) is 5.27. The first-order valence-corrected chi connectivity index (χ1v) is 6.07. The van der Waals surface area contributed by atoms with Gasteiger partial charge < -0.3 is 11.1 Å². The van der Waals surface area contributed by atoms with Gasteiger partial charge in [0.15, 0.2) is 0 Å². The van der Waals surface area contributed by atoms with Crippen LogP contribution in [0.15, 0.2) is 22.7 Å². The highest BCUT2D eigenvalue weighted by Crippen LogP contribution is 2.16. The summed E-state index contributed by atoms with van der Waals surface area (Å²) in [5.41, 5.74) is 5.26. The summed E-state index contributed by atoms with van der Waals surface area (Å²) in [6, 6.07) is 4.89. The Morgan fingerprint density at radius 2 is 2.18 bits per heavy atom. The lowest BCUT2D eigenvalue weighted by Gasteiger charge is -2.25. The van der Waals surface area contributed by atoms with Gasteiger partial charge in [-0.1, -0.05) is 22.0 Å². The molecule has 0 spiro atoms. The molecule has 17 heavy (non-hydrogen) atoms. The van der Waals surface area contributed by atoms with Gasteiger partial charge in [-0.2, -0.15) is 0 Å². The molecule has 0 unspecified atom stereocenters. The molecule has 0 aliphatic heterocycles. The van der Waals surface area contributed by atoms with Crippen molar-refractivity contribution in [3.8, 4) is 0 Å². The average molecular weight is 303 g/mol. The van der Waals surface area contributed by atoms with Crippen molar-refractivity contribution in [3.63, 3.8) is 0 Å². The van der Waals surface area contributed by atoms with Crippen LogP contribution in [-0.4, -0.2) is 11.4 Å². The molecular formula is C12H16BrFN2O. The number of carbonyl (C=O) groups is 1. The number of halogens is 2. The van der Waals surface area contributed by atoms with Gasteiger partial charge in [0.1, 0.15) is 5.82 Å². The Labute approximate surface area is 109 Å². The third-order valence-electron chi connectivity index (χ3n) is 2.39. The summed E-state index contributed by atoms with van der Waals surface area (Å²) in [7, 11) is 0. The molecule has 0 aromatic heterocycles. The van der Waals surface area contributed by atoms with Crippen LogP contribution in [0.1, 0.15) is 25.8 Å². The van der Waals surface area contributed by atoms with Crippen molar-refractivity contribution in [3.05, 3.63) is 34.1 Å². The Morgan fingerprint density at radius 3 is 2.71 bits per heavy atom. The van der Waals surface area contributed by atoms with E-state index in [0.717, 1.165) is 0 Å². The topological polar surface area (TPSA) is 55.1 Å². The first-order chi connectivity index (χ1) is 7.80. The van der Waals surface area contributed by atoms with E-state index < -0.39 is 5.54 Å². The first kappa shape index (κ1) is 14.1. The summed E-state index contributed by atoms with van der Waals surface area (Å²) >= 11 is 3.20. The summed E-state index contributed by atoms with van der Waals surface area (Å²) in [5, 5.41) is 3.11. The zero-order valence-corrected chi connectivity index (χ0v) is 11.5. The molecule has 1 rings (SSSR count). The summed E-state index contributed by atoms with van der Waals surface area (Å²) in [6.07, 6.45) is 0.213. The van der Waals surface area contributed by atoms with E-state index >= 15 is 0 Å². The van der Waals surface area contributed by atoms with E-state index in [1.165, 1.54) is 6.07 Å². The smallest absolute Gasteiger partial charge is 0.219 e. The molecule has 0 atom stereocenters. The fourth-order valence-electron chi connectivity index (χ4n) is 1.50. The van der Waals surface area contributed by atoms with Gasteiger partial charge in [-0.05, 0) is 26.0 Å². The number of hydrogen-bond acceptors (Lipinski definition) is 2. The van der Waals surface area contributed by atoms with Crippen molar-refractivity contribution < 1.29 is 9.18 Å². The van der Waals surface area contributed by atoms with Gasteiger partial charge in [0.05, 0.1) is 0 Å². The number of carbonyl (C=O) groups excluding carboxylic acids is 1. The number of benzene rings is 1. The molecule has 3 nitrogen and oxygen atoms in total. The van der Waals surface area contributed by atoms with Crippen molar-refractivity contribution in [2.24, 2.45) is 5.73 Å². The van der Waals surface area contributed by atoms with Crippen LogP contribution in [0.4, 0.5) is 4.39 Å². The highest BCUT2D eigenvalue weighted by molar-refractivity contribution is 9.10. The zero-order valence-electron chi connectivity index (χ0n) is 9.89. The third kappa shape index (κ3) is 4.83. The molecule has 0 radical (unpaired) electrons. The summed E-state index contributed by atoms with van der Waals surface area (Å²) < 4.78 is 14.2. The van der Waals surface area contributed by atoms with E-state index in [4.69, 9.17) is 5.73 Å². The van der Waals surface area contributed by atoms with Crippen LogP contribution < -0.4 is 11.1 Å². The molecular weight excluding hydrogens is 287 g/mol. The number of nitrogens with one attached hydrogen (secondary N) is 1. The molecule has 94 valence electrons. The minimum atomic E-state index is -0.439. The minimum Gasteiger partial charge on any atom is -0.370 e. The second kappa shape index (κ2) is 5.60. The molecule has 3 N–H and O–H groups in total. The number of nitrogens with two attached hydrogens (primary N) is 1. The van der Waals surface area contributed by atoms with Gasteiger partial charge in [-0.15, -0.1) is 0 Å². The Bertz CT molecular complexity index is 421. The molecule has 0 bridgehead atoms. The molecule has 0 heterocycles. The fraction of sp³-hybridized carbons (Fsp3) is 0.417. The number of primary amides is 1. The van der Waals surface area contributed by atoms with Gasteiger partial charge >= 0.3 is 0 Å². The van der Waals surface area contributed by atoms with Gasteiger partial charge in [0.25, 0.3) is 0 Å². The van der Waals surface area contributed by atoms with Crippen LogP contribution in [-0.2, 0) is 11.3 Å². The van der Waals surface area contributed by atoms with Gasteiger partial charge in [-0.3, -0.25) is 4.79 Å². The summed E-state index contributed by atoms with van der Waals surface area (Å²) in [4.78, 5) is 10.8. The Balaban J connectivity index is 2.64. The quantitative estimate of drug-likeness (QED) is 0.877. The maximum Gasteiger partial charge on any atom is 0.219 e. The molecule has 1 aromatic carbocycles. The van der Waals surface area contributed by atoms with Crippen LogP contribution in [0, 0.1) is 5.82 Å². The van der Waals surface area contributed by atoms with Gasteiger partial charge in [0.2, 0.25) is 5.91 Å². The molecule has 0 aliphatic rings. The normalized spacial score (nSPS) is 11.5. The van der Waals surface area contributed by atoms with Crippen LogP contribution >= 0.6 is 15.9 Å². The molecule has 1 aromatic rings. The van der Waals surface area contributed by atoms with Crippen molar-refractivity contribution in [1.82, 2.24) is 5.32 Å². The highest BCUT2D eigenvalue weighted by Gasteiger charge is 2.20. The standard InChI is InChI=1S/C12H16BrFN2O/c1-12(2,6-11(15)17)16-7-8-3-4-9(13)5-10(8)14/h3-5,16H,6-7H2,1-2H3,(H2,15,17). The molecule has 0 fully saturated rings. The van der Waals surface area contributed by atoms with Gasteiger partial charge in [0, 0.05) is 28.5 Å². The highest BCUT2D eigenvalue weighted by atomic mass is 79.9. The van der Waals surface area contributed by atoms with E-state index in [2.05, 4.69) is 21.2 Å². The minimum absolute atomic E-state index is 0.213. The average Bonchev–Trinajstić information content (AvgIpc) is 2.14. The van der Waals surface area contributed by atoms with Crippen molar-refractivity contribution in [2.75, 3.05) is 0 Å². The van der Waals surface area contributed by atoms with Crippen LogP contribution in [0.25, 0.3) is 0 Å². The number of amides is 1. The van der Waals surface area contributed by atoms with E-state index in [9.17, 15) is 9.18 Å². The van der Waals surface area contributed by atoms with Crippen LogP contribution in [0.2, 0.25) is 0 Å². The predicted octanol–water partition coefficient (Wildman–Crippen LogP) is 2.33. The van der Waals surface area contributed by atoms with E-state index in [-0.39, 0.29) is 18.1 Å². The molecule has 1 amide bonds. The zero-order chi connectivity index (χ0) is 13.1. The second-order valence-corrected chi connectivity index (χ2v) is 5.53. The lowest BCUT2D eigenvalue weighted by Crippen LogP contribution is -2.42. The summed E-state index contributed by atoms with van der Waals surface area (Å²) in [6.45, 7) is 4.07. The number of rotatable bonds is 5.